The molecule has 2 N–H and O–H groups in total. The largest absolute Gasteiger partial charge is 0.478 e. The Balaban J connectivity index is 2.23. The Morgan fingerprint density at radius 3 is 2.48 bits per heavy atom. The lowest BCUT2D eigenvalue weighted by molar-refractivity contribution is 0.0697. The zero-order valence-electron chi connectivity index (χ0n) is 14.0. The van der Waals surface area contributed by atoms with Crippen molar-refractivity contribution in [2.45, 2.75) is 13.3 Å². The van der Waals surface area contributed by atoms with E-state index in [1.54, 1.807) is 25.3 Å². The van der Waals surface area contributed by atoms with E-state index >= 15 is 0 Å². The molecule has 0 radical (unpaired) electrons. The first-order valence-corrected chi connectivity index (χ1v) is 9.74. The molecule has 0 fully saturated rings. The fraction of sp³-hybridized carbons (Fsp3) is 0.211. The summed E-state index contributed by atoms with van der Waals surface area (Å²) >= 11 is 0. The summed E-state index contributed by atoms with van der Waals surface area (Å²) in [5, 5.41) is 12.1. The van der Waals surface area contributed by atoms with Crippen LogP contribution in [0.25, 0.3) is 0 Å². The first-order valence-electron chi connectivity index (χ1n) is 7.92. The van der Waals surface area contributed by atoms with Gasteiger partial charge in [-0.25, -0.2) is 13.2 Å². The summed E-state index contributed by atoms with van der Waals surface area (Å²) in [6, 6.07) is 16.0. The van der Waals surface area contributed by atoms with Crippen LogP contribution in [-0.2, 0) is 16.3 Å². The second-order valence-electron chi connectivity index (χ2n) is 5.67. The van der Waals surface area contributed by atoms with Gasteiger partial charge in [0.25, 0.3) is 0 Å². The Labute approximate surface area is 147 Å². The van der Waals surface area contributed by atoms with E-state index in [2.05, 4.69) is 5.32 Å². The second-order valence-corrected chi connectivity index (χ2v) is 8.03. The van der Waals surface area contributed by atoms with E-state index < -0.39 is 15.8 Å². The Bertz CT molecular complexity index is 858. The quantitative estimate of drug-likeness (QED) is 0.755. The smallest absolute Gasteiger partial charge is 0.335 e. The third-order valence-corrected chi connectivity index (χ3v) is 5.36. The molecule has 0 saturated heterocycles. The van der Waals surface area contributed by atoms with Crippen molar-refractivity contribution in [3.63, 3.8) is 0 Å². The van der Waals surface area contributed by atoms with Crippen molar-refractivity contribution in [2.75, 3.05) is 16.8 Å². The van der Waals surface area contributed by atoms with Gasteiger partial charge in [0, 0.05) is 17.6 Å². The zero-order chi connectivity index (χ0) is 18.3. The van der Waals surface area contributed by atoms with Crippen LogP contribution in [0.1, 0.15) is 22.8 Å². The predicted octanol–water partition coefficient (Wildman–Crippen LogP) is 3.36. The van der Waals surface area contributed by atoms with Crippen molar-refractivity contribution in [1.82, 2.24) is 0 Å². The number of benzene rings is 2. The second kappa shape index (κ2) is 8.48. The Kier molecular flexibility index (Phi) is 6.36. The molecule has 0 amide bonds. The highest BCUT2D eigenvalue weighted by Gasteiger charge is 2.12. The molecule has 5 nitrogen and oxygen atoms in total. The molecule has 2 aromatic carbocycles. The summed E-state index contributed by atoms with van der Waals surface area (Å²) < 4.78 is 24.0. The van der Waals surface area contributed by atoms with Gasteiger partial charge in [0.1, 0.15) is 0 Å². The van der Waals surface area contributed by atoms with Gasteiger partial charge in [0.15, 0.2) is 9.84 Å². The molecule has 2 aromatic rings. The van der Waals surface area contributed by atoms with Gasteiger partial charge >= 0.3 is 5.97 Å². The number of carboxylic acid groups (broad SMARTS) is 1. The average molecular weight is 359 g/mol. The normalized spacial score (nSPS) is 12.0. The molecule has 0 atom stereocenters. The molecule has 0 unspecified atom stereocenters. The lowest BCUT2D eigenvalue weighted by Crippen LogP contribution is -2.13. The van der Waals surface area contributed by atoms with E-state index in [9.17, 15) is 13.2 Å². The highest BCUT2D eigenvalue weighted by Crippen LogP contribution is 2.14. The van der Waals surface area contributed by atoms with Crippen molar-refractivity contribution in [2.24, 2.45) is 0 Å². The lowest BCUT2D eigenvalue weighted by atomic mass is 10.1. The molecule has 0 bridgehead atoms. The van der Waals surface area contributed by atoms with Gasteiger partial charge in [-0.3, -0.25) is 0 Å². The lowest BCUT2D eigenvalue weighted by Gasteiger charge is -2.10. The molecule has 2 rings (SSSR count). The minimum absolute atomic E-state index is 0.0377. The van der Waals surface area contributed by atoms with Crippen LogP contribution in [0.5, 0.6) is 0 Å². The van der Waals surface area contributed by atoms with Crippen LogP contribution in [0, 0.1) is 0 Å². The average Bonchev–Trinajstić information content (AvgIpc) is 2.60. The fourth-order valence-corrected chi connectivity index (χ4v) is 3.27. The monoisotopic (exact) mass is 359 g/mol. The fourth-order valence-electron chi connectivity index (χ4n) is 2.31. The van der Waals surface area contributed by atoms with E-state index in [1.807, 2.05) is 30.3 Å². The minimum atomic E-state index is -3.17. The number of hydrogen-bond donors (Lipinski definition) is 2. The maximum absolute atomic E-state index is 12.0. The molecule has 6 heteroatoms. The van der Waals surface area contributed by atoms with E-state index in [0.717, 1.165) is 5.56 Å². The Morgan fingerprint density at radius 2 is 1.84 bits per heavy atom. The summed E-state index contributed by atoms with van der Waals surface area (Å²) in [7, 11) is -3.17. The van der Waals surface area contributed by atoms with E-state index in [-0.39, 0.29) is 17.1 Å². The molecular formula is C19H21NO4S. The standard InChI is InChI=1S/C19H21NO4S/c1-2-25(23,24)14-16(11-15-7-4-3-5-8-15)13-20-18-10-6-9-17(12-18)19(21)22/h3-10,12-13,20H,2,11,14H2,1H3,(H,21,22). The molecule has 0 aliphatic carbocycles. The van der Waals surface area contributed by atoms with Crippen LogP contribution < -0.4 is 5.32 Å². The van der Waals surface area contributed by atoms with Crippen LogP contribution in [0.4, 0.5) is 5.69 Å². The van der Waals surface area contributed by atoms with Crippen LogP contribution in [0.2, 0.25) is 0 Å². The predicted molar refractivity (Wildman–Crippen MR) is 99.6 cm³/mol. The van der Waals surface area contributed by atoms with E-state index in [4.69, 9.17) is 5.11 Å². The molecule has 132 valence electrons. The van der Waals surface area contributed by atoms with Crippen LogP contribution in [0.3, 0.4) is 0 Å². The van der Waals surface area contributed by atoms with Crippen molar-refractivity contribution in [1.29, 1.82) is 0 Å². The number of carbonyl (C=O) groups is 1. The van der Waals surface area contributed by atoms with E-state index in [0.29, 0.717) is 17.7 Å². The number of aromatic carboxylic acids is 1. The topological polar surface area (TPSA) is 83.5 Å². The van der Waals surface area contributed by atoms with Crippen molar-refractivity contribution in [3.05, 3.63) is 77.5 Å². The summed E-state index contributed by atoms with van der Waals surface area (Å²) in [4.78, 5) is 11.0. The summed E-state index contributed by atoms with van der Waals surface area (Å²) in [5.74, 6) is -0.969. The van der Waals surface area contributed by atoms with Crippen molar-refractivity contribution in [3.8, 4) is 0 Å². The maximum Gasteiger partial charge on any atom is 0.335 e. The third kappa shape index (κ3) is 6.08. The molecular weight excluding hydrogens is 338 g/mol. The number of hydrogen-bond acceptors (Lipinski definition) is 4. The number of sulfone groups is 1. The number of nitrogens with one attached hydrogen (secondary N) is 1. The third-order valence-electron chi connectivity index (χ3n) is 3.67. The molecule has 0 saturated carbocycles. The highest BCUT2D eigenvalue weighted by atomic mass is 32.2. The highest BCUT2D eigenvalue weighted by molar-refractivity contribution is 7.91. The minimum Gasteiger partial charge on any atom is -0.478 e. The molecule has 0 aromatic heterocycles. The summed E-state index contributed by atoms with van der Waals surface area (Å²) in [5.41, 5.74) is 2.50. The summed E-state index contributed by atoms with van der Waals surface area (Å²) in [6.07, 6.45) is 2.16. The first kappa shape index (κ1) is 18.7. The number of anilines is 1. The molecule has 0 spiro atoms. The molecule has 0 heterocycles. The van der Waals surface area contributed by atoms with Crippen molar-refractivity contribution >= 4 is 21.5 Å². The number of carboxylic acids is 1. The zero-order valence-corrected chi connectivity index (χ0v) is 14.8. The molecule has 0 aliphatic heterocycles. The Hall–Kier alpha value is -2.60. The van der Waals surface area contributed by atoms with E-state index in [1.165, 1.54) is 12.1 Å². The first-order chi connectivity index (χ1) is 11.9. The summed E-state index contributed by atoms with van der Waals surface area (Å²) in [6.45, 7) is 1.62. The van der Waals surface area contributed by atoms with Gasteiger partial charge in [-0.05, 0) is 35.8 Å². The van der Waals surface area contributed by atoms with Gasteiger partial charge in [-0.1, -0.05) is 43.3 Å². The van der Waals surface area contributed by atoms with Crippen molar-refractivity contribution < 1.29 is 18.3 Å². The van der Waals surface area contributed by atoms with Crippen LogP contribution in [0.15, 0.2) is 66.4 Å². The number of rotatable bonds is 8. The molecule has 25 heavy (non-hydrogen) atoms. The van der Waals surface area contributed by atoms with Gasteiger partial charge in [0.2, 0.25) is 0 Å². The van der Waals surface area contributed by atoms with Gasteiger partial charge in [-0.15, -0.1) is 0 Å². The van der Waals surface area contributed by atoms with Gasteiger partial charge < -0.3 is 10.4 Å². The SMILES string of the molecule is CCS(=O)(=O)CC(=CNc1cccc(C(=O)O)c1)Cc1ccccc1. The molecule has 0 aliphatic rings. The van der Waals surface area contributed by atoms with Crippen LogP contribution >= 0.6 is 0 Å². The van der Waals surface area contributed by atoms with Gasteiger partial charge in [-0.2, -0.15) is 0 Å². The van der Waals surface area contributed by atoms with Gasteiger partial charge in [0.05, 0.1) is 11.3 Å². The van der Waals surface area contributed by atoms with Crippen LogP contribution in [-0.4, -0.2) is 31.0 Å². The maximum atomic E-state index is 12.0. The Morgan fingerprint density at radius 1 is 1.12 bits per heavy atom.